The van der Waals surface area contributed by atoms with Crippen LogP contribution < -0.4 is 0 Å². The highest BCUT2D eigenvalue weighted by atomic mass is 79.9. The summed E-state index contributed by atoms with van der Waals surface area (Å²) in [7, 11) is -2.79. The van der Waals surface area contributed by atoms with Gasteiger partial charge in [0.2, 0.25) is 0 Å². The SMILES string of the molecule is CCS(=O)(=O)CCN1CCC(CCBr)C1. The van der Waals surface area contributed by atoms with E-state index in [0.29, 0.717) is 5.75 Å². The average Bonchev–Trinajstić information content (AvgIpc) is 2.64. The molecule has 0 aromatic heterocycles. The Morgan fingerprint density at radius 3 is 2.80 bits per heavy atom. The molecule has 1 heterocycles. The van der Waals surface area contributed by atoms with Crippen molar-refractivity contribution < 1.29 is 8.42 Å². The van der Waals surface area contributed by atoms with Gasteiger partial charge in [-0.05, 0) is 25.3 Å². The monoisotopic (exact) mass is 297 g/mol. The van der Waals surface area contributed by atoms with Crippen molar-refractivity contribution in [1.29, 1.82) is 0 Å². The Morgan fingerprint density at radius 2 is 2.20 bits per heavy atom. The Labute approximate surface area is 101 Å². The number of likely N-dealkylation sites (tertiary alicyclic amines) is 1. The third-order valence-electron chi connectivity index (χ3n) is 3.05. The molecule has 0 saturated carbocycles. The Hall–Kier alpha value is 0.390. The van der Waals surface area contributed by atoms with Crippen LogP contribution in [0.5, 0.6) is 0 Å². The van der Waals surface area contributed by atoms with Gasteiger partial charge >= 0.3 is 0 Å². The first-order chi connectivity index (χ1) is 7.07. The maximum absolute atomic E-state index is 11.3. The standard InChI is InChI=1S/C10H20BrNO2S/c1-2-15(13,14)8-7-12-6-4-10(9-12)3-5-11/h10H,2-9H2,1H3. The van der Waals surface area contributed by atoms with Crippen LogP contribution in [0.15, 0.2) is 0 Å². The summed E-state index contributed by atoms with van der Waals surface area (Å²) in [4.78, 5) is 2.28. The predicted octanol–water partition coefficient (Wildman–Crippen LogP) is 1.53. The lowest BCUT2D eigenvalue weighted by Gasteiger charge is -2.15. The first-order valence-electron chi connectivity index (χ1n) is 5.56. The summed E-state index contributed by atoms with van der Waals surface area (Å²) in [6.07, 6.45) is 2.43. The van der Waals surface area contributed by atoms with Crippen molar-refractivity contribution in [3.8, 4) is 0 Å². The van der Waals surface area contributed by atoms with E-state index in [9.17, 15) is 8.42 Å². The Kier molecular flexibility index (Phi) is 5.57. The minimum absolute atomic E-state index is 0.270. The van der Waals surface area contributed by atoms with Crippen molar-refractivity contribution in [2.45, 2.75) is 19.8 Å². The van der Waals surface area contributed by atoms with E-state index < -0.39 is 9.84 Å². The second-order valence-corrected chi connectivity index (χ2v) is 7.44. The fourth-order valence-corrected chi connectivity index (χ4v) is 3.39. The van der Waals surface area contributed by atoms with Crippen molar-refractivity contribution in [3.63, 3.8) is 0 Å². The number of alkyl halides is 1. The van der Waals surface area contributed by atoms with Crippen LogP contribution in [-0.2, 0) is 9.84 Å². The molecule has 1 fully saturated rings. The van der Waals surface area contributed by atoms with E-state index in [4.69, 9.17) is 0 Å². The lowest BCUT2D eigenvalue weighted by Crippen LogP contribution is -2.28. The molecule has 0 aliphatic carbocycles. The topological polar surface area (TPSA) is 37.4 Å². The highest BCUT2D eigenvalue weighted by molar-refractivity contribution is 9.09. The molecule has 1 unspecified atom stereocenters. The van der Waals surface area contributed by atoms with E-state index in [2.05, 4.69) is 20.8 Å². The fraction of sp³-hybridized carbons (Fsp3) is 1.00. The normalized spacial score (nSPS) is 23.5. The van der Waals surface area contributed by atoms with E-state index in [-0.39, 0.29) is 5.75 Å². The Bertz CT molecular complexity index is 279. The smallest absolute Gasteiger partial charge is 0.151 e. The van der Waals surface area contributed by atoms with Crippen LogP contribution >= 0.6 is 15.9 Å². The van der Waals surface area contributed by atoms with Gasteiger partial charge in [0.05, 0.1) is 5.75 Å². The number of hydrogen-bond acceptors (Lipinski definition) is 3. The van der Waals surface area contributed by atoms with Crippen LogP contribution in [0.4, 0.5) is 0 Å². The van der Waals surface area contributed by atoms with E-state index >= 15 is 0 Å². The molecule has 3 nitrogen and oxygen atoms in total. The largest absolute Gasteiger partial charge is 0.302 e. The first kappa shape index (κ1) is 13.5. The number of sulfone groups is 1. The molecule has 1 aliphatic rings. The van der Waals surface area contributed by atoms with Crippen molar-refractivity contribution in [1.82, 2.24) is 4.90 Å². The molecule has 1 aliphatic heterocycles. The maximum Gasteiger partial charge on any atom is 0.151 e. The van der Waals surface area contributed by atoms with Gasteiger partial charge in [-0.25, -0.2) is 8.42 Å². The molecule has 0 spiro atoms. The summed E-state index contributed by atoms with van der Waals surface area (Å²) >= 11 is 3.45. The molecule has 1 saturated heterocycles. The minimum atomic E-state index is -2.79. The zero-order valence-corrected chi connectivity index (χ0v) is 11.7. The van der Waals surface area contributed by atoms with E-state index in [1.807, 2.05) is 0 Å². The van der Waals surface area contributed by atoms with E-state index in [1.54, 1.807) is 6.92 Å². The van der Waals surface area contributed by atoms with Gasteiger partial charge in [0.1, 0.15) is 0 Å². The molecule has 90 valence electrons. The van der Waals surface area contributed by atoms with Crippen molar-refractivity contribution in [2.75, 3.05) is 36.5 Å². The van der Waals surface area contributed by atoms with Gasteiger partial charge in [-0.15, -0.1) is 0 Å². The lowest BCUT2D eigenvalue weighted by molar-refractivity contribution is 0.341. The summed E-state index contributed by atoms with van der Waals surface area (Å²) in [5.41, 5.74) is 0. The van der Waals surface area contributed by atoms with Gasteiger partial charge in [-0.2, -0.15) is 0 Å². The van der Waals surface area contributed by atoms with Gasteiger partial charge in [0.25, 0.3) is 0 Å². The quantitative estimate of drug-likeness (QED) is 0.698. The molecule has 0 bridgehead atoms. The fourth-order valence-electron chi connectivity index (χ4n) is 1.92. The lowest BCUT2D eigenvalue weighted by atomic mass is 10.1. The second-order valence-electron chi connectivity index (χ2n) is 4.17. The van der Waals surface area contributed by atoms with Gasteiger partial charge in [0, 0.05) is 24.2 Å². The van der Waals surface area contributed by atoms with Gasteiger partial charge in [-0.3, -0.25) is 0 Å². The summed E-state index contributed by atoms with van der Waals surface area (Å²) in [6, 6.07) is 0. The zero-order chi connectivity index (χ0) is 11.3. The van der Waals surface area contributed by atoms with E-state index in [0.717, 1.165) is 30.9 Å². The minimum Gasteiger partial charge on any atom is -0.302 e. The molecule has 0 amide bonds. The number of nitrogens with zero attached hydrogens (tertiary/aromatic N) is 1. The maximum atomic E-state index is 11.3. The summed E-state index contributed by atoms with van der Waals surface area (Å²) in [5, 5.41) is 1.05. The number of halogens is 1. The molecule has 15 heavy (non-hydrogen) atoms. The van der Waals surface area contributed by atoms with Crippen molar-refractivity contribution >= 4 is 25.8 Å². The molecule has 1 atom stereocenters. The molecule has 0 aromatic carbocycles. The van der Waals surface area contributed by atoms with Crippen LogP contribution in [0.3, 0.4) is 0 Å². The predicted molar refractivity (Wildman–Crippen MR) is 67.3 cm³/mol. The molecule has 1 rings (SSSR count). The molecule has 0 N–H and O–H groups in total. The highest BCUT2D eigenvalue weighted by Gasteiger charge is 2.22. The highest BCUT2D eigenvalue weighted by Crippen LogP contribution is 2.19. The average molecular weight is 298 g/mol. The third kappa shape index (κ3) is 4.83. The Balaban J connectivity index is 2.25. The van der Waals surface area contributed by atoms with Crippen molar-refractivity contribution in [2.24, 2.45) is 5.92 Å². The van der Waals surface area contributed by atoms with Gasteiger partial charge < -0.3 is 4.90 Å². The van der Waals surface area contributed by atoms with Gasteiger partial charge in [0.15, 0.2) is 9.84 Å². The van der Waals surface area contributed by atoms with E-state index in [1.165, 1.54) is 12.8 Å². The number of rotatable bonds is 6. The number of hydrogen-bond donors (Lipinski definition) is 0. The van der Waals surface area contributed by atoms with Crippen LogP contribution in [-0.4, -0.2) is 49.8 Å². The summed E-state index contributed by atoms with van der Waals surface area (Å²) < 4.78 is 22.7. The molecular formula is C10H20BrNO2S. The Morgan fingerprint density at radius 1 is 1.47 bits per heavy atom. The van der Waals surface area contributed by atoms with Crippen LogP contribution in [0.2, 0.25) is 0 Å². The second kappa shape index (κ2) is 6.21. The van der Waals surface area contributed by atoms with Crippen molar-refractivity contribution in [3.05, 3.63) is 0 Å². The third-order valence-corrected chi connectivity index (χ3v) is 5.19. The molecular weight excluding hydrogens is 278 g/mol. The zero-order valence-electron chi connectivity index (χ0n) is 9.28. The summed E-state index contributed by atoms with van der Waals surface area (Å²) in [5.74, 6) is 1.35. The van der Waals surface area contributed by atoms with Gasteiger partial charge in [-0.1, -0.05) is 22.9 Å². The molecule has 5 heteroatoms. The summed E-state index contributed by atoms with van der Waals surface area (Å²) in [6.45, 7) is 4.57. The first-order valence-corrected chi connectivity index (χ1v) is 8.50. The van der Waals surface area contributed by atoms with Crippen LogP contribution in [0.1, 0.15) is 19.8 Å². The van der Waals surface area contributed by atoms with Crippen LogP contribution in [0.25, 0.3) is 0 Å². The molecule has 0 aromatic rings. The van der Waals surface area contributed by atoms with Crippen LogP contribution in [0, 0.1) is 5.92 Å². The molecule has 0 radical (unpaired) electrons.